The Morgan fingerprint density at radius 2 is 2.13 bits per heavy atom. The fourth-order valence-corrected chi connectivity index (χ4v) is 3.44. The lowest BCUT2D eigenvalue weighted by Gasteiger charge is -2.13. The molecule has 0 spiro atoms. The Balaban J connectivity index is 1.96. The Bertz CT molecular complexity index is 1130. The van der Waals surface area contributed by atoms with Gasteiger partial charge in [-0.2, -0.15) is 15.4 Å². The van der Waals surface area contributed by atoms with Gasteiger partial charge in [-0.15, -0.1) is 0 Å². The zero-order valence-electron chi connectivity index (χ0n) is 16.0. The third-order valence-electron chi connectivity index (χ3n) is 4.24. The van der Waals surface area contributed by atoms with Gasteiger partial charge in [0.2, 0.25) is 0 Å². The molecule has 0 atom stereocenters. The van der Waals surface area contributed by atoms with Gasteiger partial charge in [-0.25, -0.2) is 4.79 Å². The van der Waals surface area contributed by atoms with Crippen molar-refractivity contribution in [2.45, 2.75) is 6.92 Å². The molecular formula is C21H16BrN3O5. The Hall–Kier alpha value is -3.64. The van der Waals surface area contributed by atoms with E-state index in [1.807, 2.05) is 6.07 Å². The highest BCUT2D eigenvalue weighted by molar-refractivity contribution is 9.10. The molecule has 1 N–H and O–H groups in total. The van der Waals surface area contributed by atoms with Gasteiger partial charge in [0.15, 0.2) is 18.1 Å². The summed E-state index contributed by atoms with van der Waals surface area (Å²) in [7, 11) is 1.47. The molecule has 30 heavy (non-hydrogen) atoms. The number of hydrogen-bond acceptors (Lipinski definition) is 6. The van der Waals surface area contributed by atoms with Crippen LogP contribution in [0.5, 0.6) is 11.5 Å². The summed E-state index contributed by atoms with van der Waals surface area (Å²) in [6.07, 6.45) is 1.66. The van der Waals surface area contributed by atoms with Crippen LogP contribution in [0.15, 0.2) is 51.5 Å². The summed E-state index contributed by atoms with van der Waals surface area (Å²) in [5, 5.41) is 23.3. The molecule has 1 amide bonds. The molecule has 1 aliphatic heterocycles. The highest BCUT2D eigenvalue weighted by Gasteiger charge is 2.29. The van der Waals surface area contributed by atoms with Crippen molar-refractivity contribution in [1.29, 1.82) is 5.26 Å². The summed E-state index contributed by atoms with van der Waals surface area (Å²) >= 11 is 3.39. The van der Waals surface area contributed by atoms with Gasteiger partial charge in [-0.05, 0) is 64.8 Å². The normalized spacial score (nSPS) is 14.5. The number of halogens is 1. The van der Waals surface area contributed by atoms with Gasteiger partial charge < -0.3 is 14.6 Å². The lowest BCUT2D eigenvalue weighted by atomic mass is 10.1. The highest BCUT2D eigenvalue weighted by atomic mass is 79.9. The summed E-state index contributed by atoms with van der Waals surface area (Å²) in [5.41, 5.74) is 1.92. The number of hydrazone groups is 1. The van der Waals surface area contributed by atoms with Crippen molar-refractivity contribution >= 4 is 45.3 Å². The van der Waals surface area contributed by atoms with Crippen molar-refractivity contribution in [3.8, 4) is 17.6 Å². The minimum absolute atomic E-state index is 0.0622. The lowest BCUT2D eigenvalue weighted by Crippen LogP contribution is -2.21. The summed E-state index contributed by atoms with van der Waals surface area (Å²) in [5.74, 6) is -0.681. The smallest absolute Gasteiger partial charge is 0.335 e. The molecule has 0 fully saturated rings. The number of carboxylic acids is 1. The summed E-state index contributed by atoms with van der Waals surface area (Å²) < 4.78 is 11.3. The molecule has 0 aliphatic carbocycles. The topological polar surface area (TPSA) is 112 Å². The van der Waals surface area contributed by atoms with Crippen LogP contribution in [0, 0.1) is 11.3 Å². The molecule has 0 saturated heterocycles. The van der Waals surface area contributed by atoms with E-state index >= 15 is 0 Å². The van der Waals surface area contributed by atoms with Gasteiger partial charge in [0.25, 0.3) is 5.91 Å². The lowest BCUT2D eigenvalue weighted by molar-refractivity contribution is -0.114. The van der Waals surface area contributed by atoms with E-state index in [9.17, 15) is 14.7 Å². The second kappa shape index (κ2) is 8.80. The molecular weight excluding hydrogens is 454 g/mol. The second-order valence-electron chi connectivity index (χ2n) is 6.20. The number of carbonyl (C=O) groups is 2. The molecule has 0 bridgehead atoms. The molecule has 1 heterocycles. The van der Waals surface area contributed by atoms with Gasteiger partial charge >= 0.3 is 5.97 Å². The monoisotopic (exact) mass is 469 g/mol. The highest BCUT2D eigenvalue weighted by Crippen LogP contribution is 2.37. The molecule has 2 aromatic rings. The van der Waals surface area contributed by atoms with Crippen molar-refractivity contribution in [2.75, 3.05) is 18.7 Å². The number of aromatic carboxylic acids is 1. The predicted octanol–water partition coefficient (Wildman–Crippen LogP) is 3.86. The zero-order chi connectivity index (χ0) is 21.8. The SMILES string of the molecule is COc1cc(C=C2C(=O)N(c3cccc(C(=O)O)c3)N=C2C)cc(Br)c1OCC#N. The predicted molar refractivity (Wildman–Crippen MR) is 114 cm³/mol. The maximum Gasteiger partial charge on any atom is 0.335 e. The molecule has 1 aliphatic rings. The largest absolute Gasteiger partial charge is 0.493 e. The Morgan fingerprint density at radius 3 is 2.80 bits per heavy atom. The number of benzene rings is 2. The fourth-order valence-electron chi connectivity index (χ4n) is 2.86. The van der Waals surface area contributed by atoms with E-state index in [4.69, 9.17) is 14.7 Å². The van der Waals surface area contributed by atoms with E-state index in [2.05, 4.69) is 21.0 Å². The van der Waals surface area contributed by atoms with Crippen LogP contribution in [0.4, 0.5) is 5.69 Å². The van der Waals surface area contributed by atoms with Crippen LogP contribution in [0.3, 0.4) is 0 Å². The van der Waals surface area contributed by atoms with E-state index in [1.54, 1.807) is 37.3 Å². The number of anilines is 1. The number of carbonyl (C=O) groups excluding carboxylic acids is 1. The van der Waals surface area contributed by atoms with Crippen LogP contribution < -0.4 is 14.5 Å². The molecule has 0 saturated carbocycles. The van der Waals surface area contributed by atoms with E-state index in [0.29, 0.717) is 38.5 Å². The van der Waals surface area contributed by atoms with Crippen LogP contribution in [0.2, 0.25) is 0 Å². The third-order valence-corrected chi connectivity index (χ3v) is 4.83. The number of amides is 1. The summed E-state index contributed by atoms with van der Waals surface area (Å²) in [4.78, 5) is 24.2. The van der Waals surface area contributed by atoms with Crippen LogP contribution in [0.25, 0.3) is 6.08 Å². The Kier molecular flexibility index (Phi) is 6.18. The zero-order valence-corrected chi connectivity index (χ0v) is 17.6. The van der Waals surface area contributed by atoms with E-state index in [-0.39, 0.29) is 18.1 Å². The van der Waals surface area contributed by atoms with Crippen LogP contribution in [-0.4, -0.2) is 36.4 Å². The summed E-state index contributed by atoms with van der Waals surface area (Å²) in [6.45, 7) is 1.56. The van der Waals surface area contributed by atoms with Crippen LogP contribution >= 0.6 is 15.9 Å². The maximum absolute atomic E-state index is 12.9. The van der Waals surface area contributed by atoms with Gasteiger partial charge in [-0.1, -0.05) is 6.07 Å². The standard InChI is InChI=1S/C21H16BrN3O5/c1-12-16(8-13-9-17(22)19(30-7-6-23)18(10-13)29-2)20(26)25(24-12)15-5-3-4-14(11-15)21(27)28/h3-5,8-11H,7H2,1-2H3,(H,27,28). The number of hydrogen-bond donors (Lipinski definition) is 1. The van der Waals surface area contributed by atoms with Crippen molar-refractivity contribution in [2.24, 2.45) is 5.10 Å². The number of ether oxygens (including phenoxy) is 2. The van der Waals surface area contributed by atoms with Crippen LogP contribution in [-0.2, 0) is 4.79 Å². The van der Waals surface area contributed by atoms with E-state index in [0.717, 1.165) is 0 Å². The van der Waals surface area contributed by atoms with Crippen molar-refractivity contribution in [3.05, 3.63) is 57.6 Å². The molecule has 9 heteroatoms. The number of nitriles is 1. The van der Waals surface area contributed by atoms with Crippen molar-refractivity contribution in [3.63, 3.8) is 0 Å². The first-order valence-corrected chi connectivity index (χ1v) is 9.47. The molecule has 0 aromatic heterocycles. The average molecular weight is 470 g/mol. The van der Waals surface area contributed by atoms with E-state index in [1.165, 1.54) is 24.3 Å². The number of nitrogens with zero attached hydrogens (tertiary/aromatic N) is 3. The Labute approximate surface area is 180 Å². The minimum Gasteiger partial charge on any atom is -0.493 e. The maximum atomic E-state index is 12.9. The van der Waals surface area contributed by atoms with Gasteiger partial charge in [0, 0.05) is 0 Å². The molecule has 152 valence electrons. The fraction of sp³-hybridized carbons (Fsp3) is 0.143. The molecule has 2 aromatic carbocycles. The third kappa shape index (κ3) is 4.18. The quantitative estimate of drug-likeness (QED) is 0.642. The Morgan fingerprint density at radius 1 is 1.37 bits per heavy atom. The second-order valence-corrected chi connectivity index (χ2v) is 7.05. The number of rotatable bonds is 6. The summed E-state index contributed by atoms with van der Waals surface area (Å²) in [6, 6.07) is 11.3. The minimum atomic E-state index is -1.09. The first-order chi connectivity index (χ1) is 14.3. The molecule has 0 radical (unpaired) electrons. The van der Waals surface area contributed by atoms with E-state index < -0.39 is 5.97 Å². The first kappa shape index (κ1) is 21.1. The van der Waals surface area contributed by atoms with Gasteiger partial charge in [0.1, 0.15) is 6.07 Å². The first-order valence-electron chi connectivity index (χ1n) is 8.68. The van der Waals surface area contributed by atoms with Gasteiger partial charge in [0.05, 0.1) is 34.1 Å². The average Bonchev–Trinajstić information content (AvgIpc) is 3.01. The number of methoxy groups -OCH3 is 1. The number of carboxylic acid groups (broad SMARTS) is 1. The molecule has 0 unspecified atom stereocenters. The van der Waals surface area contributed by atoms with Crippen LogP contribution in [0.1, 0.15) is 22.8 Å². The molecule has 8 nitrogen and oxygen atoms in total. The van der Waals surface area contributed by atoms with Crippen molar-refractivity contribution < 1.29 is 24.2 Å². The van der Waals surface area contributed by atoms with Gasteiger partial charge in [-0.3, -0.25) is 4.79 Å². The molecule has 3 rings (SSSR count). The van der Waals surface area contributed by atoms with Crippen molar-refractivity contribution in [1.82, 2.24) is 0 Å².